The highest BCUT2D eigenvalue weighted by atomic mass is 16.6. The molecule has 64 heavy (non-hydrogen) atoms. The van der Waals surface area contributed by atoms with Crippen molar-refractivity contribution in [1.82, 2.24) is 0 Å². The third-order valence-corrected chi connectivity index (χ3v) is 8.99. The number of carbonyl (C=O) groups is 12. The molecule has 0 amide bonds. The molecular formula is C44H64O20. The van der Waals surface area contributed by atoms with Gasteiger partial charge in [-0.2, -0.15) is 0 Å². The Kier molecular flexibility index (Phi) is 34.5. The second kappa shape index (κ2) is 37.9. The van der Waals surface area contributed by atoms with Crippen LogP contribution in [0.5, 0.6) is 0 Å². The number of ketones is 5. The molecule has 0 spiro atoms. The van der Waals surface area contributed by atoms with Crippen LogP contribution in [0.1, 0.15) is 135 Å². The van der Waals surface area contributed by atoms with Crippen molar-refractivity contribution in [2.45, 2.75) is 135 Å². The summed E-state index contributed by atoms with van der Waals surface area (Å²) in [6, 6.07) is 0. The molecule has 0 bridgehead atoms. The van der Waals surface area contributed by atoms with Gasteiger partial charge in [0.2, 0.25) is 0 Å². The molecule has 0 aliphatic heterocycles. The Balaban J connectivity index is 3.87. The Bertz CT molecular complexity index is 1550. The maximum absolute atomic E-state index is 12.1. The van der Waals surface area contributed by atoms with Crippen molar-refractivity contribution in [3.8, 4) is 0 Å². The van der Waals surface area contributed by atoms with Gasteiger partial charge in [-0.05, 0) is 32.1 Å². The maximum atomic E-state index is 12.1. The normalized spacial score (nSPS) is 11.0. The number of carbonyl (C=O) groups excluding carboxylic acids is 12. The van der Waals surface area contributed by atoms with Crippen molar-refractivity contribution < 1.29 is 95.8 Å². The zero-order valence-electron chi connectivity index (χ0n) is 36.9. The van der Waals surface area contributed by atoms with Gasteiger partial charge in [-0.25, -0.2) is 0 Å². The average molecular weight is 913 g/mol. The van der Waals surface area contributed by atoms with Crippen LogP contribution in [-0.4, -0.2) is 129 Å². The van der Waals surface area contributed by atoms with Gasteiger partial charge >= 0.3 is 41.8 Å². The van der Waals surface area contributed by atoms with E-state index in [1.54, 1.807) is 6.08 Å². The molecule has 1 N–H and O–H groups in total. The number of unbranched alkanes of at least 4 members (excludes halogenated alkanes) is 1. The van der Waals surface area contributed by atoms with Gasteiger partial charge in [0.25, 0.3) is 0 Å². The molecule has 0 saturated heterocycles. The smallest absolute Gasteiger partial charge is 0.308 e. The molecule has 0 saturated carbocycles. The molecule has 1 atom stereocenters. The minimum Gasteiger partial charge on any atom is -0.469 e. The highest BCUT2D eigenvalue weighted by Crippen LogP contribution is 2.14. The lowest BCUT2D eigenvalue weighted by atomic mass is 10.00. The van der Waals surface area contributed by atoms with Crippen LogP contribution in [0.3, 0.4) is 0 Å². The first-order valence-corrected chi connectivity index (χ1v) is 21.4. The second-order valence-corrected chi connectivity index (χ2v) is 14.3. The first-order chi connectivity index (χ1) is 30.6. The maximum Gasteiger partial charge on any atom is 0.308 e. The van der Waals surface area contributed by atoms with E-state index in [1.807, 2.05) is 0 Å². The Hall–Kier alpha value is -5.66. The third-order valence-electron chi connectivity index (χ3n) is 8.99. The summed E-state index contributed by atoms with van der Waals surface area (Å²) < 4.78 is 34.7. The summed E-state index contributed by atoms with van der Waals surface area (Å²) in [5, 5.41) is 8.67. The Morgan fingerprint density at radius 3 is 1.05 bits per heavy atom. The van der Waals surface area contributed by atoms with Crippen molar-refractivity contribution >= 4 is 70.7 Å². The highest BCUT2D eigenvalue weighted by Gasteiger charge is 2.18. The molecule has 0 aromatic carbocycles. The monoisotopic (exact) mass is 912 g/mol. The van der Waals surface area contributed by atoms with E-state index in [4.69, 9.17) is 38.3 Å². The molecule has 20 heteroatoms. The SMILES string of the molecule is C=CCC(CCCOC(=O)CCCCOC(=O)CCC(=O)CCOC(=O)CCC(=O)CCOC(=O)CCC(=O)CCOC(=O)CCC(=O)CCOC(=O)CCC(=O)CCO)C(=O)OC. The second-order valence-electron chi connectivity index (χ2n) is 14.3. The van der Waals surface area contributed by atoms with Crippen LogP contribution in [0.2, 0.25) is 0 Å². The zero-order valence-corrected chi connectivity index (χ0v) is 36.9. The van der Waals surface area contributed by atoms with Crippen LogP contribution in [0.25, 0.3) is 0 Å². The van der Waals surface area contributed by atoms with Crippen molar-refractivity contribution in [1.29, 1.82) is 0 Å². The molecule has 20 nitrogen and oxygen atoms in total. The fraction of sp³-hybridized carbons (Fsp3) is 0.682. The predicted molar refractivity (Wildman–Crippen MR) is 221 cm³/mol. The van der Waals surface area contributed by atoms with E-state index in [9.17, 15) is 57.5 Å². The summed E-state index contributed by atoms with van der Waals surface area (Å²) in [5.74, 6) is -6.23. The number of hydrogen-bond donors (Lipinski definition) is 1. The molecule has 0 aromatic heterocycles. The summed E-state index contributed by atoms with van der Waals surface area (Å²) in [7, 11) is 1.31. The molecule has 0 rings (SSSR count). The first-order valence-electron chi connectivity index (χ1n) is 21.4. The molecule has 0 aliphatic rings. The van der Waals surface area contributed by atoms with E-state index in [1.165, 1.54) is 7.11 Å². The van der Waals surface area contributed by atoms with E-state index in [2.05, 4.69) is 6.58 Å². The molecule has 0 aliphatic carbocycles. The van der Waals surface area contributed by atoms with Crippen LogP contribution in [-0.2, 0) is 90.7 Å². The Morgan fingerprint density at radius 1 is 0.406 bits per heavy atom. The predicted octanol–water partition coefficient (Wildman–Crippen LogP) is 3.25. The number of esters is 7. The molecule has 0 fully saturated rings. The molecule has 0 radical (unpaired) electrons. The molecular weight excluding hydrogens is 848 g/mol. The van der Waals surface area contributed by atoms with Gasteiger partial charge < -0.3 is 38.3 Å². The number of allylic oxidation sites excluding steroid dienone is 1. The first kappa shape index (κ1) is 58.3. The number of Topliss-reactive ketones (excluding diaryl/α,β-unsaturated/α-hetero) is 5. The van der Waals surface area contributed by atoms with Gasteiger partial charge in [-0.15, -0.1) is 6.58 Å². The van der Waals surface area contributed by atoms with E-state index < -0.39 is 35.8 Å². The van der Waals surface area contributed by atoms with Crippen molar-refractivity contribution in [3.63, 3.8) is 0 Å². The van der Waals surface area contributed by atoms with Crippen molar-refractivity contribution in [2.75, 3.05) is 53.4 Å². The minimum absolute atomic E-state index is 0.0517. The van der Waals surface area contributed by atoms with E-state index in [-0.39, 0.29) is 190 Å². The van der Waals surface area contributed by atoms with Gasteiger partial charge in [0.05, 0.1) is 84.8 Å². The quantitative estimate of drug-likeness (QED) is 0.0398. The van der Waals surface area contributed by atoms with Crippen LogP contribution in [0, 0.1) is 5.92 Å². The Labute approximate surface area is 372 Å². The van der Waals surface area contributed by atoms with Gasteiger partial charge in [0.15, 0.2) is 0 Å². The lowest BCUT2D eigenvalue weighted by Gasteiger charge is -2.12. The summed E-state index contributed by atoms with van der Waals surface area (Å²) in [4.78, 5) is 142. The third kappa shape index (κ3) is 34.9. The van der Waals surface area contributed by atoms with Gasteiger partial charge in [0, 0.05) is 77.2 Å². The summed E-state index contributed by atoms with van der Waals surface area (Å²) in [5.41, 5.74) is 0. The van der Waals surface area contributed by atoms with Crippen LogP contribution < -0.4 is 0 Å². The number of hydrogen-bond acceptors (Lipinski definition) is 20. The number of aliphatic hydroxyl groups is 1. The lowest BCUT2D eigenvalue weighted by molar-refractivity contribution is -0.148. The topological polar surface area (TPSA) is 290 Å². The number of rotatable bonds is 41. The number of methoxy groups -OCH3 is 1. The van der Waals surface area contributed by atoms with Crippen molar-refractivity contribution in [3.05, 3.63) is 12.7 Å². The molecule has 0 heterocycles. The van der Waals surface area contributed by atoms with Gasteiger partial charge in [-0.1, -0.05) is 6.08 Å². The zero-order chi connectivity index (χ0) is 48.0. The highest BCUT2D eigenvalue weighted by molar-refractivity contribution is 5.86. The largest absolute Gasteiger partial charge is 0.469 e. The standard InChI is InChI=1S/C44H64O20/c1-3-7-32(44(57)58-2)8-6-27-60-38(51)9-4-5-26-59-39(52)16-11-34(47)21-29-62-41(54)18-13-36(49)23-31-64-43(56)19-14-37(50)24-30-63-42(55)17-12-35(48)22-28-61-40(53)15-10-33(46)20-25-45/h3,32,45H,1,4-31H2,2H3. The minimum atomic E-state index is -0.731. The lowest BCUT2D eigenvalue weighted by Crippen LogP contribution is -2.16. The Morgan fingerprint density at radius 2 is 0.719 bits per heavy atom. The van der Waals surface area contributed by atoms with Gasteiger partial charge in [-0.3, -0.25) is 57.5 Å². The fourth-order valence-electron chi connectivity index (χ4n) is 5.28. The summed E-state index contributed by atoms with van der Waals surface area (Å²) in [6.07, 6.45) is 1.55. The van der Waals surface area contributed by atoms with Gasteiger partial charge in [0.1, 0.15) is 28.9 Å². The molecule has 360 valence electrons. The molecule has 1 unspecified atom stereocenters. The van der Waals surface area contributed by atoms with E-state index in [0.29, 0.717) is 32.1 Å². The van der Waals surface area contributed by atoms with E-state index >= 15 is 0 Å². The van der Waals surface area contributed by atoms with Crippen molar-refractivity contribution in [2.24, 2.45) is 5.92 Å². The summed E-state index contributed by atoms with van der Waals surface area (Å²) >= 11 is 0. The molecule has 0 aromatic rings. The number of ether oxygens (including phenoxy) is 7. The van der Waals surface area contributed by atoms with Crippen LogP contribution >= 0.6 is 0 Å². The van der Waals surface area contributed by atoms with Crippen LogP contribution in [0.4, 0.5) is 0 Å². The fourth-order valence-corrected chi connectivity index (χ4v) is 5.28. The average Bonchev–Trinajstić information content (AvgIpc) is 3.26. The van der Waals surface area contributed by atoms with Crippen LogP contribution in [0.15, 0.2) is 12.7 Å². The summed E-state index contributed by atoms with van der Waals surface area (Å²) in [6.45, 7) is 2.57. The number of aliphatic hydroxyl groups excluding tert-OH is 1. The van der Waals surface area contributed by atoms with E-state index in [0.717, 1.165) is 0 Å².